The van der Waals surface area contributed by atoms with Crippen molar-refractivity contribution in [3.8, 4) is 0 Å². The lowest BCUT2D eigenvalue weighted by atomic mass is 9.69. The molecule has 3 aliphatic rings. The van der Waals surface area contributed by atoms with Gasteiger partial charge in [-0.1, -0.05) is 42.5 Å². The van der Waals surface area contributed by atoms with E-state index in [1.807, 2.05) is 4.90 Å². The van der Waals surface area contributed by atoms with Crippen LogP contribution in [0.4, 0.5) is 15.8 Å². The van der Waals surface area contributed by atoms with Gasteiger partial charge in [0, 0.05) is 52.5 Å². The number of anilines is 1. The molecule has 9 heteroatoms. The maximum absolute atomic E-state index is 14.6. The van der Waals surface area contributed by atoms with Gasteiger partial charge in [-0.15, -0.1) is 11.8 Å². The summed E-state index contributed by atoms with van der Waals surface area (Å²) >= 11 is 1.63. The highest BCUT2D eigenvalue weighted by Crippen LogP contribution is 2.61. The van der Waals surface area contributed by atoms with E-state index in [-0.39, 0.29) is 23.4 Å². The predicted molar refractivity (Wildman–Crippen MR) is 130 cm³/mol. The van der Waals surface area contributed by atoms with Crippen LogP contribution in [0.15, 0.2) is 72.8 Å². The molecule has 0 aliphatic carbocycles. The number of rotatable bonds is 4. The third-order valence-corrected chi connectivity index (χ3v) is 8.43. The number of Topliss-reactive ketones (excluding diaryl/α,β-unsaturated/α-hetero) is 1. The van der Waals surface area contributed by atoms with Crippen LogP contribution in [0.1, 0.15) is 27.4 Å². The number of nitrogens with one attached hydrogen (secondary N) is 1. The second kappa shape index (κ2) is 8.00. The Bertz CT molecular complexity index is 1380. The van der Waals surface area contributed by atoms with Crippen LogP contribution >= 0.6 is 11.8 Å². The van der Waals surface area contributed by atoms with Crippen LogP contribution in [0, 0.1) is 21.8 Å². The molecule has 3 heterocycles. The minimum atomic E-state index is -1.42. The number of nitro benzene ring substituents is 1. The fourth-order valence-corrected chi connectivity index (χ4v) is 7.37. The average molecular weight is 490 g/mol. The largest absolute Gasteiger partial charge is 0.324 e. The number of hydrogen-bond donors (Lipinski definition) is 1. The fraction of sp³-hybridized carbons (Fsp3) is 0.231. The highest BCUT2D eigenvalue weighted by atomic mass is 32.2. The summed E-state index contributed by atoms with van der Waals surface area (Å²) in [5.41, 5.74) is 0.497. The maximum atomic E-state index is 14.6. The van der Waals surface area contributed by atoms with Crippen molar-refractivity contribution in [1.82, 2.24) is 4.90 Å². The molecule has 2 fully saturated rings. The molecule has 1 spiro atoms. The Balaban J connectivity index is 1.63. The number of benzene rings is 3. The average Bonchev–Trinajstić information content (AvgIpc) is 3.52. The maximum Gasteiger partial charge on any atom is 0.269 e. The van der Waals surface area contributed by atoms with Crippen LogP contribution in [0.25, 0.3) is 0 Å². The van der Waals surface area contributed by atoms with Crippen molar-refractivity contribution in [2.45, 2.75) is 17.5 Å². The number of non-ortho nitro benzene ring substituents is 1. The highest BCUT2D eigenvalue weighted by molar-refractivity contribution is 7.99. The van der Waals surface area contributed by atoms with E-state index in [0.29, 0.717) is 34.0 Å². The van der Waals surface area contributed by atoms with Crippen molar-refractivity contribution in [3.05, 3.63) is 105 Å². The molecule has 4 atom stereocenters. The molecule has 0 radical (unpaired) electrons. The van der Waals surface area contributed by atoms with E-state index < -0.39 is 28.1 Å². The first-order valence-corrected chi connectivity index (χ1v) is 12.4. The molecule has 7 nitrogen and oxygen atoms in total. The van der Waals surface area contributed by atoms with Gasteiger partial charge in [-0.3, -0.25) is 24.6 Å². The van der Waals surface area contributed by atoms with Gasteiger partial charge >= 0.3 is 0 Å². The van der Waals surface area contributed by atoms with E-state index in [2.05, 4.69) is 5.32 Å². The number of amides is 1. The number of nitro groups is 1. The topological polar surface area (TPSA) is 92.5 Å². The first kappa shape index (κ1) is 21.9. The molecule has 3 aromatic rings. The molecule has 2 saturated heterocycles. The van der Waals surface area contributed by atoms with Crippen molar-refractivity contribution < 1.29 is 18.9 Å². The predicted octanol–water partition coefficient (Wildman–Crippen LogP) is 4.55. The molecule has 3 aromatic carbocycles. The van der Waals surface area contributed by atoms with Gasteiger partial charge in [0.15, 0.2) is 5.78 Å². The molecule has 0 bridgehead atoms. The number of hydrogen-bond acceptors (Lipinski definition) is 6. The molecule has 3 aliphatic heterocycles. The molecule has 6 rings (SSSR count). The zero-order chi connectivity index (χ0) is 24.3. The molecule has 1 N–H and O–H groups in total. The summed E-state index contributed by atoms with van der Waals surface area (Å²) in [5.74, 6) is -1.38. The Morgan fingerprint density at radius 1 is 1.11 bits per heavy atom. The number of carbonyl (C=O) groups excluding carboxylic acids is 2. The van der Waals surface area contributed by atoms with E-state index in [1.165, 1.54) is 30.3 Å². The van der Waals surface area contributed by atoms with Crippen molar-refractivity contribution in [2.75, 3.05) is 16.9 Å². The minimum Gasteiger partial charge on any atom is -0.324 e. The van der Waals surface area contributed by atoms with E-state index in [1.54, 1.807) is 54.2 Å². The summed E-state index contributed by atoms with van der Waals surface area (Å²) in [6, 6.07) is 19.0. The lowest BCUT2D eigenvalue weighted by Crippen LogP contribution is -2.52. The smallest absolute Gasteiger partial charge is 0.269 e. The molecule has 0 aromatic heterocycles. The highest BCUT2D eigenvalue weighted by Gasteiger charge is 2.69. The Morgan fingerprint density at radius 3 is 2.69 bits per heavy atom. The van der Waals surface area contributed by atoms with Gasteiger partial charge in [-0.2, -0.15) is 0 Å². The van der Waals surface area contributed by atoms with Crippen LogP contribution in [0.2, 0.25) is 0 Å². The minimum absolute atomic E-state index is 0.0751. The van der Waals surface area contributed by atoms with Crippen LogP contribution < -0.4 is 5.32 Å². The first-order chi connectivity index (χ1) is 16.9. The zero-order valence-corrected chi connectivity index (χ0v) is 19.2. The van der Waals surface area contributed by atoms with Crippen LogP contribution in [0.3, 0.4) is 0 Å². The van der Waals surface area contributed by atoms with Gasteiger partial charge < -0.3 is 5.32 Å². The molecule has 176 valence electrons. The van der Waals surface area contributed by atoms with Crippen molar-refractivity contribution in [1.29, 1.82) is 0 Å². The monoisotopic (exact) mass is 489 g/mol. The van der Waals surface area contributed by atoms with Gasteiger partial charge in [0.25, 0.3) is 5.69 Å². The zero-order valence-electron chi connectivity index (χ0n) is 18.4. The Kier molecular flexibility index (Phi) is 5.01. The molecule has 0 saturated carbocycles. The van der Waals surface area contributed by atoms with Crippen molar-refractivity contribution in [2.24, 2.45) is 5.92 Å². The second-order valence-electron chi connectivity index (χ2n) is 9.03. The van der Waals surface area contributed by atoms with Gasteiger partial charge in [-0.25, -0.2) is 4.39 Å². The van der Waals surface area contributed by atoms with E-state index >= 15 is 0 Å². The molecule has 1 amide bonds. The van der Waals surface area contributed by atoms with Crippen LogP contribution in [0.5, 0.6) is 0 Å². The lowest BCUT2D eigenvalue weighted by Gasteiger charge is -2.36. The molecular weight excluding hydrogens is 469 g/mol. The van der Waals surface area contributed by atoms with Crippen LogP contribution in [-0.4, -0.2) is 39.2 Å². The SMILES string of the molecule is O=C(c1ccccc1)[C@@H]1[C@@H](c2cccc([N+](=O)[O-])c2)[C@@H]2CSCN2[C@@]12C(=O)Nc1ccc(F)cc12. The van der Waals surface area contributed by atoms with Gasteiger partial charge in [0.05, 0.1) is 10.8 Å². The standard InChI is InChI=1S/C26H20FN3O4S/c27-17-9-10-20-19(12-17)26(25(32)28-20)23(24(31)15-5-2-1-3-6-15)22(21-13-35-14-29(21)26)16-7-4-8-18(11-16)30(33)34/h1-12,21-23H,13-14H2,(H,28,32)/t21-,22-,23-,26+/m0/s1. The van der Waals surface area contributed by atoms with E-state index in [9.17, 15) is 24.1 Å². The summed E-state index contributed by atoms with van der Waals surface area (Å²) < 4.78 is 14.6. The number of fused-ring (bicyclic) bond motifs is 4. The van der Waals surface area contributed by atoms with Crippen LogP contribution in [-0.2, 0) is 10.3 Å². The van der Waals surface area contributed by atoms with Crippen molar-refractivity contribution in [3.63, 3.8) is 0 Å². The molecular formula is C26H20FN3O4S. The first-order valence-electron chi connectivity index (χ1n) is 11.2. The number of carbonyl (C=O) groups is 2. The van der Waals surface area contributed by atoms with Crippen molar-refractivity contribution >= 4 is 34.8 Å². The summed E-state index contributed by atoms with van der Waals surface area (Å²) in [4.78, 5) is 41.2. The summed E-state index contributed by atoms with van der Waals surface area (Å²) in [5, 5.41) is 14.4. The van der Waals surface area contributed by atoms with Gasteiger partial charge in [-0.05, 0) is 23.8 Å². The normalized spacial score (nSPS) is 27.0. The third kappa shape index (κ3) is 3.08. The van der Waals surface area contributed by atoms with E-state index in [0.717, 1.165) is 0 Å². The van der Waals surface area contributed by atoms with E-state index in [4.69, 9.17) is 0 Å². The summed E-state index contributed by atoms with van der Waals surface area (Å²) in [6.07, 6.45) is 0. The van der Waals surface area contributed by atoms with Gasteiger partial charge in [0.1, 0.15) is 11.4 Å². The lowest BCUT2D eigenvalue weighted by molar-refractivity contribution is -0.384. The summed E-state index contributed by atoms with van der Waals surface area (Å²) in [7, 11) is 0. The van der Waals surface area contributed by atoms with Gasteiger partial charge in [0.2, 0.25) is 5.91 Å². The number of halogens is 1. The quantitative estimate of drug-likeness (QED) is 0.328. The molecule has 0 unspecified atom stereocenters. The number of thioether (sulfide) groups is 1. The molecule has 35 heavy (non-hydrogen) atoms. The summed E-state index contributed by atoms with van der Waals surface area (Å²) in [6.45, 7) is 0. The number of ketones is 1. The fourth-order valence-electron chi connectivity index (χ4n) is 6.05. The third-order valence-electron chi connectivity index (χ3n) is 7.39. The second-order valence-corrected chi connectivity index (χ2v) is 10.0. The Hall–Kier alpha value is -3.56. The number of nitrogens with zero attached hydrogens (tertiary/aromatic N) is 2. The Labute approximate surface area is 204 Å². The Morgan fingerprint density at radius 2 is 1.91 bits per heavy atom.